The van der Waals surface area contributed by atoms with Gasteiger partial charge < -0.3 is 9.15 Å². The summed E-state index contributed by atoms with van der Waals surface area (Å²) in [5.74, 6) is 1.48. The third-order valence-electron chi connectivity index (χ3n) is 2.96. The van der Waals surface area contributed by atoms with E-state index in [0.29, 0.717) is 17.3 Å². The van der Waals surface area contributed by atoms with Crippen LogP contribution in [0.4, 0.5) is 0 Å². The van der Waals surface area contributed by atoms with Crippen LogP contribution in [0.2, 0.25) is 0 Å². The minimum atomic E-state index is -0.505. The van der Waals surface area contributed by atoms with Gasteiger partial charge in [-0.15, -0.1) is 0 Å². The van der Waals surface area contributed by atoms with Crippen LogP contribution in [0.5, 0.6) is 0 Å². The van der Waals surface area contributed by atoms with Gasteiger partial charge in [0.25, 0.3) is 0 Å². The summed E-state index contributed by atoms with van der Waals surface area (Å²) in [7, 11) is 1.32. The summed E-state index contributed by atoms with van der Waals surface area (Å²) in [6.07, 6.45) is 1.66. The smallest absolute Gasteiger partial charge is 0.358 e. The van der Waals surface area contributed by atoms with Crippen molar-refractivity contribution in [2.45, 2.75) is 6.92 Å². The number of nitrogens with zero attached hydrogens (tertiary/aromatic N) is 3. The molecule has 3 rings (SSSR count). The largest absolute Gasteiger partial charge is 0.464 e. The first-order chi connectivity index (χ1) is 10.2. The molecule has 6 nitrogen and oxygen atoms in total. The lowest BCUT2D eigenvalue weighted by Gasteiger charge is -2.03. The van der Waals surface area contributed by atoms with Crippen LogP contribution in [0, 0.1) is 6.92 Å². The fraction of sp³-hybridized carbons (Fsp3) is 0.133. The van der Waals surface area contributed by atoms with Crippen molar-refractivity contribution in [3.05, 3.63) is 54.0 Å². The van der Waals surface area contributed by atoms with Gasteiger partial charge >= 0.3 is 5.97 Å². The summed E-state index contributed by atoms with van der Waals surface area (Å²) < 4.78 is 11.9. The summed E-state index contributed by atoms with van der Waals surface area (Å²) >= 11 is 0. The van der Waals surface area contributed by atoms with Crippen LogP contribution < -0.4 is 0 Å². The molecular weight excluding hydrogens is 270 g/mol. The first-order valence-electron chi connectivity index (χ1n) is 6.35. The monoisotopic (exact) mass is 283 g/mol. The molecule has 0 saturated carbocycles. The fourth-order valence-electron chi connectivity index (χ4n) is 1.99. The standard InChI is InChI=1S/C15H13N3O3/c1-10-6-7-13(21-10)12-9-11(15(19)20-2)17-18(12)14-5-3-4-8-16-14/h3-9H,1-2H3. The molecule has 0 aromatic carbocycles. The number of carbonyl (C=O) groups is 1. The van der Waals surface area contributed by atoms with Gasteiger partial charge in [0.15, 0.2) is 17.3 Å². The van der Waals surface area contributed by atoms with Crippen molar-refractivity contribution in [2.75, 3.05) is 7.11 Å². The molecule has 0 aliphatic carbocycles. The molecule has 0 aliphatic rings. The van der Waals surface area contributed by atoms with Crippen LogP contribution in [-0.2, 0) is 4.74 Å². The van der Waals surface area contributed by atoms with Crippen molar-refractivity contribution in [2.24, 2.45) is 0 Å². The molecule has 0 atom stereocenters. The van der Waals surface area contributed by atoms with Gasteiger partial charge in [0.2, 0.25) is 0 Å². The van der Waals surface area contributed by atoms with E-state index >= 15 is 0 Å². The van der Waals surface area contributed by atoms with Crippen molar-refractivity contribution in [3.8, 4) is 17.3 Å². The fourth-order valence-corrected chi connectivity index (χ4v) is 1.99. The van der Waals surface area contributed by atoms with Crippen molar-refractivity contribution in [1.29, 1.82) is 0 Å². The Morgan fingerprint density at radius 3 is 2.76 bits per heavy atom. The van der Waals surface area contributed by atoms with E-state index in [1.54, 1.807) is 23.0 Å². The average Bonchev–Trinajstić information content (AvgIpc) is 3.13. The highest BCUT2D eigenvalue weighted by Gasteiger charge is 2.19. The molecule has 106 valence electrons. The van der Waals surface area contributed by atoms with Gasteiger partial charge in [-0.05, 0) is 31.2 Å². The second-order valence-corrected chi connectivity index (χ2v) is 4.42. The highest BCUT2D eigenvalue weighted by Crippen LogP contribution is 2.25. The maximum absolute atomic E-state index is 11.7. The molecule has 0 spiro atoms. The van der Waals surface area contributed by atoms with E-state index in [4.69, 9.17) is 9.15 Å². The summed E-state index contributed by atoms with van der Waals surface area (Å²) in [5.41, 5.74) is 0.842. The van der Waals surface area contributed by atoms with Crippen LogP contribution in [0.1, 0.15) is 16.2 Å². The van der Waals surface area contributed by atoms with E-state index in [1.807, 2.05) is 31.2 Å². The zero-order valence-corrected chi connectivity index (χ0v) is 11.6. The summed E-state index contributed by atoms with van der Waals surface area (Å²) in [6.45, 7) is 1.85. The molecule has 0 aliphatic heterocycles. The van der Waals surface area contributed by atoms with Crippen LogP contribution in [0.15, 0.2) is 47.0 Å². The van der Waals surface area contributed by atoms with E-state index in [2.05, 4.69) is 10.1 Å². The van der Waals surface area contributed by atoms with Crippen molar-refractivity contribution in [3.63, 3.8) is 0 Å². The topological polar surface area (TPSA) is 70.2 Å². The van der Waals surface area contributed by atoms with Crippen LogP contribution >= 0.6 is 0 Å². The molecule has 0 bridgehead atoms. The maximum Gasteiger partial charge on any atom is 0.358 e. The summed E-state index contributed by atoms with van der Waals surface area (Å²) in [4.78, 5) is 15.9. The number of furan rings is 1. The normalized spacial score (nSPS) is 10.6. The SMILES string of the molecule is COC(=O)c1cc(-c2ccc(C)o2)n(-c2ccccn2)n1. The Bertz CT molecular complexity index is 775. The molecule has 0 N–H and O–H groups in total. The van der Waals surface area contributed by atoms with Gasteiger partial charge in [-0.1, -0.05) is 6.07 Å². The molecular formula is C15H13N3O3. The number of rotatable bonds is 3. The first-order valence-corrected chi connectivity index (χ1v) is 6.35. The third-order valence-corrected chi connectivity index (χ3v) is 2.96. The lowest BCUT2D eigenvalue weighted by atomic mass is 10.3. The highest BCUT2D eigenvalue weighted by molar-refractivity contribution is 5.88. The van der Waals surface area contributed by atoms with Gasteiger partial charge in [0.05, 0.1) is 7.11 Å². The molecule has 0 radical (unpaired) electrons. The van der Waals surface area contributed by atoms with Gasteiger partial charge in [-0.3, -0.25) is 0 Å². The third kappa shape index (κ3) is 2.43. The maximum atomic E-state index is 11.7. The number of pyridine rings is 1. The van der Waals surface area contributed by atoms with Crippen LogP contribution in [0.25, 0.3) is 17.3 Å². The van der Waals surface area contributed by atoms with Gasteiger partial charge in [0, 0.05) is 12.3 Å². The Balaban J connectivity index is 2.17. The Hall–Kier alpha value is -2.89. The number of aromatic nitrogens is 3. The number of carbonyl (C=O) groups excluding carboxylic acids is 1. The minimum absolute atomic E-state index is 0.201. The molecule has 0 amide bonds. The average molecular weight is 283 g/mol. The number of methoxy groups -OCH3 is 1. The van der Waals surface area contributed by atoms with Gasteiger partial charge in [-0.25, -0.2) is 14.5 Å². The summed E-state index contributed by atoms with van der Waals surface area (Å²) in [5, 5.41) is 4.26. The Kier molecular flexibility index (Phi) is 3.27. The van der Waals surface area contributed by atoms with Crippen molar-refractivity contribution >= 4 is 5.97 Å². The van der Waals surface area contributed by atoms with E-state index in [0.717, 1.165) is 5.76 Å². The molecule has 3 aromatic heterocycles. The molecule has 6 heteroatoms. The van der Waals surface area contributed by atoms with Gasteiger partial charge in [0.1, 0.15) is 11.5 Å². The molecule has 0 fully saturated rings. The molecule has 3 aromatic rings. The van der Waals surface area contributed by atoms with E-state index in [-0.39, 0.29) is 5.69 Å². The Morgan fingerprint density at radius 1 is 1.29 bits per heavy atom. The molecule has 0 unspecified atom stereocenters. The van der Waals surface area contributed by atoms with E-state index in [1.165, 1.54) is 7.11 Å². The summed E-state index contributed by atoms with van der Waals surface area (Å²) in [6, 6.07) is 10.8. The lowest BCUT2D eigenvalue weighted by Crippen LogP contribution is -2.05. The zero-order chi connectivity index (χ0) is 14.8. The number of esters is 1. The first kappa shape index (κ1) is 13.1. The predicted octanol–water partition coefficient (Wildman–Crippen LogP) is 2.62. The lowest BCUT2D eigenvalue weighted by molar-refractivity contribution is 0.0593. The predicted molar refractivity (Wildman–Crippen MR) is 75.1 cm³/mol. The second-order valence-electron chi connectivity index (χ2n) is 4.42. The van der Waals surface area contributed by atoms with Crippen molar-refractivity contribution in [1.82, 2.24) is 14.8 Å². The molecule has 21 heavy (non-hydrogen) atoms. The Labute approximate surface area is 121 Å². The van der Waals surface area contributed by atoms with E-state index < -0.39 is 5.97 Å². The molecule has 3 heterocycles. The highest BCUT2D eigenvalue weighted by atomic mass is 16.5. The zero-order valence-electron chi connectivity index (χ0n) is 11.6. The van der Waals surface area contributed by atoms with E-state index in [9.17, 15) is 4.79 Å². The van der Waals surface area contributed by atoms with Gasteiger partial charge in [-0.2, -0.15) is 5.10 Å². The molecule has 0 saturated heterocycles. The number of hydrogen-bond acceptors (Lipinski definition) is 5. The van der Waals surface area contributed by atoms with Crippen molar-refractivity contribution < 1.29 is 13.9 Å². The number of ether oxygens (including phenoxy) is 1. The number of aryl methyl sites for hydroxylation is 1. The van der Waals surface area contributed by atoms with Crippen LogP contribution in [0.3, 0.4) is 0 Å². The Morgan fingerprint density at radius 2 is 2.14 bits per heavy atom. The second kappa shape index (κ2) is 5.24. The number of hydrogen-bond donors (Lipinski definition) is 0. The quantitative estimate of drug-likeness (QED) is 0.691. The van der Waals surface area contributed by atoms with Crippen LogP contribution in [-0.4, -0.2) is 27.8 Å². The minimum Gasteiger partial charge on any atom is -0.464 e.